The molecule has 6 nitrogen and oxygen atoms in total. The number of aromatic nitrogens is 4. The summed E-state index contributed by atoms with van der Waals surface area (Å²) in [4.78, 5) is 7.96. The van der Waals surface area contributed by atoms with Crippen molar-refractivity contribution in [2.24, 2.45) is 0 Å². The van der Waals surface area contributed by atoms with Gasteiger partial charge in [0.15, 0.2) is 0 Å². The van der Waals surface area contributed by atoms with Gasteiger partial charge in [0.25, 0.3) is 0 Å². The summed E-state index contributed by atoms with van der Waals surface area (Å²) in [6.07, 6.45) is 3.14. The molecule has 0 aliphatic carbocycles. The standard InChI is InChI=1S/C10H8N6/c11-6-8-3-5-12-10(15-8)13-7-9-2-1-4-14-16-9/h1-5H,7H2,(H,12,13,15). The van der Waals surface area contributed by atoms with Gasteiger partial charge < -0.3 is 5.32 Å². The maximum absolute atomic E-state index is 8.66. The number of hydrogen-bond acceptors (Lipinski definition) is 6. The molecule has 6 heteroatoms. The van der Waals surface area contributed by atoms with Gasteiger partial charge >= 0.3 is 0 Å². The van der Waals surface area contributed by atoms with E-state index in [0.29, 0.717) is 18.2 Å². The zero-order valence-electron chi connectivity index (χ0n) is 8.33. The van der Waals surface area contributed by atoms with Crippen LogP contribution in [0.5, 0.6) is 0 Å². The van der Waals surface area contributed by atoms with Gasteiger partial charge in [-0.3, -0.25) is 0 Å². The summed E-state index contributed by atoms with van der Waals surface area (Å²) in [5, 5.41) is 19.3. The fourth-order valence-electron chi connectivity index (χ4n) is 1.10. The maximum Gasteiger partial charge on any atom is 0.224 e. The fraction of sp³-hybridized carbons (Fsp3) is 0.100. The molecule has 2 heterocycles. The predicted octanol–water partition coefficient (Wildman–Crippen LogP) is 0.750. The van der Waals surface area contributed by atoms with E-state index in [-0.39, 0.29) is 0 Å². The second kappa shape index (κ2) is 4.79. The molecule has 0 aromatic carbocycles. The Morgan fingerprint density at radius 2 is 2.25 bits per heavy atom. The Kier molecular flexibility index (Phi) is 2.99. The molecule has 0 unspecified atom stereocenters. The molecule has 2 rings (SSSR count). The minimum atomic E-state index is 0.330. The van der Waals surface area contributed by atoms with Crippen molar-refractivity contribution in [3.63, 3.8) is 0 Å². The van der Waals surface area contributed by atoms with E-state index in [1.54, 1.807) is 18.3 Å². The Hall–Kier alpha value is -2.55. The Morgan fingerprint density at radius 1 is 1.31 bits per heavy atom. The van der Waals surface area contributed by atoms with Crippen LogP contribution < -0.4 is 5.32 Å². The quantitative estimate of drug-likeness (QED) is 0.807. The molecule has 0 spiro atoms. The Bertz CT molecular complexity index is 504. The van der Waals surface area contributed by atoms with Gasteiger partial charge in [-0.15, -0.1) is 0 Å². The molecule has 1 N–H and O–H groups in total. The molecule has 0 aliphatic heterocycles. The zero-order valence-corrected chi connectivity index (χ0v) is 8.33. The fourth-order valence-corrected chi connectivity index (χ4v) is 1.10. The van der Waals surface area contributed by atoms with Crippen molar-refractivity contribution in [2.45, 2.75) is 6.54 Å². The second-order valence-corrected chi connectivity index (χ2v) is 2.95. The van der Waals surface area contributed by atoms with E-state index < -0.39 is 0 Å². The number of nitrogens with one attached hydrogen (secondary N) is 1. The molecular weight excluding hydrogens is 204 g/mol. The van der Waals surface area contributed by atoms with Crippen molar-refractivity contribution in [3.8, 4) is 6.07 Å². The van der Waals surface area contributed by atoms with Crippen LogP contribution in [0.2, 0.25) is 0 Å². The van der Waals surface area contributed by atoms with Gasteiger partial charge in [-0.25, -0.2) is 9.97 Å². The number of nitriles is 1. The van der Waals surface area contributed by atoms with Crippen LogP contribution in [0.15, 0.2) is 30.6 Å². The van der Waals surface area contributed by atoms with Gasteiger partial charge in [-0.1, -0.05) is 0 Å². The largest absolute Gasteiger partial charge is 0.348 e. The first-order valence-electron chi connectivity index (χ1n) is 4.62. The average Bonchev–Trinajstić information content (AvgIpc) is 2.38. The van der Waals surface area contributed by atoms with Gasteiger partial charge in [-0.2, -0.15) is 15.5 Å². The monoisotopic (exact) mass is 212 g/mol. The van der Waals surface area contributed by atoms with E-state index >= 15 is 0 Å². The summed E-state index contributed by atoms with van der Waals surface area (Å²) in [6, 6.07) is 7.14. The van der Waals surface area contributed by atoms with Crippen LogP contribution in [0.4, 0.5) is 5.95 Å². The number of nitrogens with zero attached hydrogens (tertiary/aromatic N) is 5. The summed E-state index contributed by atoms with van der Waals surface area (Å²) in [5.74, 6) is 0.407. The molecular formula is C10H8N6. The Morgan fingerprint density at radius 3 is 3.00 bits per heavy atom. The minimum Gasteiger partial charge on any atom is -0.348 e. The molecule has 0 saturated heterocycles. The van der Waals surface area contributed by atoms with Crippen LogP contribution in [0.3, 0.4) is 0 Å². The average molecular weight is 212 g/mol. The normalized spacial score (nSPS) is 9.44. The zero-order chi connectivity index (χ0) is 11.2. The SMILES string of the molecule is N#Cc1ccnc(NCc2cccnn2)n1. The molecule has 0 bridgehead atoms. The van der Waals surface area contributed by atoms with Crippen LogP contribution in [-0.2, 0) is 6.54 Å². The summed E-state index contributed by atoms with van der Waals surface area (Å²) in [6.45, 7) is 0.475. The number of anilines is 1. The summed E-state index contributed by atoms with van der Waals surface area (Å²) in [5.41, 5.74) is 1.12. The van der Waals surface area contributed by atoms with E-state index in [1.165, 1.54) is 6.20 Å². The maximum atomic E-state index is 8.66. The van der Waals surface area contributed by atoms with Crippen LogP contribution in [0.1, 0.15) is 11.4 Å². The molecule has 0 saturated carbocycles. The third-order valence-electron chi connectivity index (χ3n) is 1.83. The van der Waals surface area contributed by atoms with Gasteiger partial charge in [0.1, 0.15) is 11.8 Å². The van der Waals surface area contributed by atoms with E-state index in [1.807, 2.05) is 12.1 Å². The number of rotatable bonds is 3. The molecule has 0 aliphatic rings. The Balaban J connectivity index is 2.03. The Labute approximate surface area is 92.0 Å². The highest BCUT2D eigenvalue weighted by atomic mass is 15.1. The predicted molar refractivity (Wildman–Crippen MR) is 56.1 cm³/mol. The van der Waals surface area contributed by atoms with Gasteiger partial charge in [0, 0.05) is 12.4 Å². The van der Waals surface area contributed by atoms with Crippen molar-refractivity contribution < 1.29 is 0 Å². The molecule has 0 atom stereocenters. The van der Waals surface area contributed by atoms with E-state index in [9.17, 15) is 0 Å². The lowest BCUT2D eigenvalue weighted by molar-refractivity contribution is 0.912. The van der Waals surface area contributed by atoms with Crippen LogP contribution >= 0.6 is 0 Å². The molecule has 2 aromatic heterocycles. The van der Waals surface area contributed by atoms with Crippen LogP contribution in [0.25, 0.3) is 0 Å². The van der Waals surface area contributed by atoms with Crippen LogP contribution in [0, 0.1) is 11.3 Å². The topological polar surface area (TPSA) is 87.4 Å². The lowest BCUT2D eigenvalue weighted by Gasteiger charge is -2.02. The van der Waals surface area contributed by atoms with E-state index in [2.05, 4.69) is 25.5 Å². The van der Waals surface area contributed by atoms with Crippen molar-refractivity contribution in [2.75, 3.05) is 5.32 Å². The smallest absolute Gasteiger partial charge is 0.224 e. The first-order valence-corrected chi connectivity index (χ1v) is 4.62. The van der Waals surface area contributed by atoms with Crippen molar-refractivity contribution in [3.05, 3.63) is 42.0 Å². The third-order valence-corrected chi connectivity index (χ3v) is 1.83. The molecule has 16 heavy (non-hydrogen) atoms. The number of hydrogen-bond donors (Lipinski definition) is 1. The lowest BCUT2D eigenvalue weighted by atomic mass is 10.4. The second-order valence-electron chi connectivity index (χ2n) is 2.95. The first kappa shape index (κ1) is 9.98. The van der Waals surface area contributed by atoms with Crippen molar-refractivity contribution in [1.82, 2.24) is 20.2 Å². The minimum absolute atomic E-state index is 0.330. The summed E-state index contributed by atoms with van der Waals surface area (Å²) in [7, 11) is 0. The van der Waals surface area contributed by atoms with Crippen molar-refractivity contribution >= 4 is 5.95 Å². The highest BCUT2D eigenvalue weighted by molar-refractivity contribution is 5.30. The molecule has 0 fully saturated rings. The van der Waals surface area contributed by atoms with Gasteiger partial charge in [-0.05, 0) is 18.2 Å². The molecule has 2 aromatic rings. The van der Waals surface area contributed by atoms with Crippen LogP contribution in [-0.4, -0.2) is 20.2 Å². The van der Waals surface area contributed by atoms with E-state index in [4.69, 9.17) is 5.26 Å². The molecule has 0 amide bonds. The highest BCUT2D eigenvalue weighted by Gasteiger charge is 1.98. The highest BCUT2D eigenvalue weighted by Crippen LogP contribution is 2.01. The summed E-state index contributed by atoms with van der Waals surface area (Å²) < 4.78 is 0. The third kappa shape index (κ3) is 2.48. The molecule has 78 valence electrons. The van der Waals surface area contributed by atoms with Crippen molar-refractivity contribution in [1.29, 1.82) is 5.26 Å². The van der Waals surface area contributed by atoms with Gasteiger partial charge in [0.2, 0.25) is 5.95 Å². The summed E-state index contributed by atoms with van der Waals surface area (Å²) >= 11 is 0. The first-order chi connectivity index (χ1) is 7.88. The lowest BCUT2D eigenvalue weighted by Crippen LogP contribution is -2.05. The van der Waals surface area contributed by atoms with Gasteiger partial charge in [0.05, 0.1) is 12.2 Å². The molecule has 0 radical (unpaired) electrons. The van der Waals surface area contributed by atoms with E-state index in [0.717, 1.165) is 5.69 Å².